The molecule has 4 rings (SSSR count). The normalized spacial score (nSPS) is 15.9. The Hall–Kier alpha value is -2.53. The van der Waals surface area contributed by atoms with E-state index < -0.39 is 0 Å². The summed E-state index contributed by atoms with van der Waals surface area (Å²) >= 11 is 0. The second kappa shape index (κ2) is 5.83. The minimum absolute atomic E-state index is 0.240. The van der Waals surface area contributed by atoms with Gasteiger partial charge < -0.3 is 10.3 Å². The fraction of sp³-hybridized carbons (Fsp3) is 0.263. The molecule has 1 heterocycles. The molecule has 1 aromatic heterocycles. The van der Waals surface area contributed by atoms with E-state index >= 15 is 0 Å². The molecule has 1 saturated carbocycles. The van der Waals surface area contributed by atoms with Crippen molar-refractivity contribution >= 4 is 0 Å². The van der Waals surface area contributed by atoms with Crippen LogP contribution in [0.3, 0.4) is 0 Å². The molecule has 0 radical (unpaired) electrons. The van der Waals surface area contributed by atoms with Crippen molar-refractivity contribution in [3.8, 4) is 11.4 Å². The van der Waals surface area contributed by atoms with Crippen LogP contribution in [0.4, 0.5) is 4.39 Å². The predicted molar refractivity (Wildman–Crippen MR) is 88.7 cm³/mol. The number of halogens is 1. The number of nitrogens with zero attached hydrogens (tertiary/aromatic N) is 2. The first-order chi connectivity index (χ1) is 11.7. The van der Waals surface area contributed by atoms with Gasteiger partial charge in [0.2, 0.25) is 11.7 Å². The fourth-order valence-electron chi connectivity index (χ4n) is 3.27. The maximum Gasteiger partial charge on any atom is 0.237 e. The molecule has 24 heavy (non-hydrogen) atoms. The number of rotatable bonds is 4. The molecular weight excluding hydrogens is 305 g/mol. The van der Waals surface area contributed by atoms with Gasteiger partial charge in [0, 0.05) is 12.1 Å². The van der Waals surface area contributed by atoms with Crippen LogP contribution in [0.15, 0.2) is 53.1 Å². The largest absolute Gasteiger partial charge is 0.338 e. The minimum atomic E-state index is -0.357. The fourth-order valence-corrected chi connectivity index (χ4v) is 3.27. The zero-order valence-electron chi connectivity index (χ0n) is 13.2. The van der Waals surface area contributed by atoms with Crippen molar-refractivity contribution < 1.29 is 8.91 Å². The molecule has 2 N–H and O–H groups in total. The third-order valence-electron chi connectivity index (χ3n) is 4.87. The second-order valence-electron chi connectivity index (χ2n) is 6.27. The Bertz CT molecular complexity index is 853. The van der Waals surface area contributed by atoms with Gasteiger partial charge in [-0.05, 0) is 36.1 Å². The van der Waals surface area contributed by atoms with Gasteiger partial charge in [0.1, 0.15) is 5.82 Å². The predicted octanol–water partition coefficient (Wildman–Crippen LogP) is 3.80. The molecule has 2 aromatic carbocycles. The van der Waals surface area contributed by atoms with E-state index in [2.05, 4.69) is 10.1 Å². The van der Waals surface area contributed by atoms with Gasteiger partial charge in [-0.2, -0.15) is 4.98 Å². The molecule has 0 bridgehead atoms. The Kier molecular flexibility index (Phi) is 3.65. The van der Waals surface area contributed by atoms with Gasteiger partial charge in [-0.1, -0.05) is 48.0 Å². The van der Waals surface area contributed by atoms with Crippen LogP contribution in [0.25, 0.3) is 11.4 Å². The molecule has 122 valence electrons. The lowest BCUT2D eigenvalue weighted by molar-refractivity contribution is 0.216. The molecule has 1 fully saturated rings. The first-order valence-corrected chi connectivity index (χ1v) is 8.11. The van der Waals surface area contributed by atoms with Gasteiger partial charge in [0.15, 0.2) is 0 Å². The number of nitrogens with two attached hydrogens (primary N) is 1. The van der Waals surface area contributed by atoms with Crippen molar-refractivity contribution in [3.63, 3.8) is 0 Å². The van der Waals surface area contributed by atoms with Crippen molar-refractivity contribution in [1.82, 2.24) is 10.1 Å². The molecule has 0 unspecified atom stereocenters. The number of benzene rings is 2. The summed E-state index contributed by atoms with van der Waals surface area (Å²) < 4.78 is 19.2. The van der Waals surface area contributed by atoms with E-state index in [1.807, 2.05) is 30.3 Å². The Morgan fingerprint density at radius 2 is 1.92 bits per heavy atom. The lowest BCUT2D eigenvalue weighted by atomic mass is 9.64. The summed E-state index contributed by atoms with van der Waals surface area (Å²) in [6, 6.07) is 14.5. The molecular formula is C19H18FN3O. The highest BCUT2D eigenvalue weighted by Crippen LogP contribution is 2.48. The summed E-state index contributed by atoms with van der Waals surface area (Å²) in [7, 11) is 0. The summed E-state index contributed by atoms with van der Waals surface area (Å²) in [5.74, 6) is 0.879. The molecule has 0 aliphatic heterocycles. The van der Waals surface area contributed by atoms with E-state index in [9.17, 15) is 4.39 Å². The maximum absolute atomic E-state index is 13.6. The SMILES string of the molecule is NCc1ccc(-c2noc(C3(c4cccc(F)c4)CCC3)n2)cc1. The van der Waals surface area contributed by atoms with Gasteiger partial charge in [-0.3, -0.25) is 0 Å². The van der Waals surface area contributed by atoms with Gasteiger partial charge >= 0.3 is 0 Å². The number of aromatic nitrogens is 2. The summed E-state index contributed by atoms with van der Waals surface area (Å²) in [6.07, 6.45) is 2.85. The van der Waals surface area contributed by atoms with E-state index in [0.717, 1.165) is 36.0 Å². The molecule has 1 aliphatic rings. The summed E-state index contributed by atoms with van der Waals surface area (Å²) in [5, 5.41) is 4.13. The van der Waals surface area contributed by atoms with Gasteiger partial charge in [0.25, 0.3) is 0 Å². The van der Waals surface area contributed by atoms with E-state index in [0.29, 0.717) is 18.3 Å². The third-order valence-corrected chi connectivity index (χ3v) is 4.87. The zero-order valence-corrected chi connectivity index (χ0v) is 13.2. The van der Waals surface area contributed by atoms with E-state index in [1.54, 1.807) is 12.1 Å². The molecule has 3 aromatic rings. The van der Waals surface area contributed by atoms with Crippen LogP contribution < -0.4 is 5.73 Å². The average Bonchev–Trinajstić information content (AvgIpc) is 3.04. The molecule has 5 heteroatoms. The van der Waals surface area contributed by atoms with Crippen molar-refractivity contribution in [3.05, 3.63) is 71.4 Å². The zero-order chi connectivity index (χ0) is 16.6. The molecule has 0 amide bonds. The van der Waals surface area contributed by atoms with Gasteiger partial charge in [-0.25, -0.2) is 4.39 Å². The smallest absolute Gasteiger partial charge is 0.237 e. The van der Waals surface area contributed by atoms with Crippen LogP contribution in [-0.4, -0.2) is 10.1 Å². The van der Waals surface area contributed by atoms with Crippen LogP contribution in [-0.2, 0) is 12.0 Å². The molecule has 0 spiro atoms. The lowest BCUT2D eigenvalue weighted by Gasteiger charge is -2.38. The molecule has 4 nitrogen and oxygen atoms in total. The van der Waals surface area contributed by atoms with Crippen LogP contribution >= 0.6 is 0 Å². The average molecular weight is 323 g/mol. The number of hydrogen-bond donors (Lipinski definition) is 1. The minimum Gasteiger partial charge on any atom is -0.338 e. The maximum atomic E-state index is 13.6. The van der Waals surface area contributed by atoms with Gasteiger partial charge in [-0.15, -0.1) is 0 Å². The Balaban J connectivity index is 1.70. The molecule has 0 atom stereocenters. The second-order valence-corrected chi connectivity index (χ2v) is 6.27. The van der Waals surface area contributed by atoms with Crippen molar-refractivity contribution in [1.29, 1.82) is 0 Å². The highest BCUT2D eigenvalue weighted by molar-refractivity contribution is 5.55. The Morgan fingerprint density at radius 3 is 2.54 bits per heavy atom. The standard InChI is InChI=1S/C19H18FN3O/c20-16-4-1-3-15(11-16)19(9-2-10-19)18-22-17(23-24-18)14-7-5-13(12-21)6-8-14/h1,3-8,11H,2,9-10,12,21H2. The Labute approximate surface area is 139 Å². The Morgan fingerprint density at radius 1 is 1.12 bits per heavy atom. The third kappa shape index (κ3) is 2.41. The summed E-state index contributed by atoms with van der Waals surface area (Å²) in [5.41, 5.74) is 8.11. The van der Waals surface area contributed by atoms with E-state index in [-0.39, 0.29) is 11.2 Å². The molecule has 0 saturated heterocycles. The lowest BCUT2D eigenvalue weighted by Crippen LogP contribution is -2.35. The van der Waals surface area contributed by atoms with E-state index in [4.69, 9.17) is 10.3 Å². The van der Waals surface area contributed by atoms with Crippen LogP contribution in [0, 0.1) is 5.82 Å². The van der Waals surface area contributed by atoms with Crippen molar-refractivity contribution in [2.75, 3.05) is 0 Å². The van der Waals surface area contributed by atoms with Crippen LogP contribution in [0.1, 0.15) is 36.3 Å². The monoisotopic (exact) mass is 323 g/mol. The van der Waals surface area contributed by atoms with E-state index in [1.165, 1.54) is 6.07 Å². The quantitative estimate of drug-likeness (QED) is 0.793. The number of hydrogen-bond acceptors (Lipinski definition) is 4. The highest BCUT2D eigenvalue weighted by Gasteiger charge is 2.45. The van der Waals surface area contributed by atoms with Crippen molar-refractivity contribution in [2.45, 2.75) is 31.2 Å². The molecule has 1 aliphatic carbocycles. The van der Waals surface area contributed by atoms with Gasteiger partial charge in [0.05, 0.1) is 5.41 Å². The first-order valence-electron chi connectivity index (χ1n) is 8.11. The summed E-state index contributed by atoms with van der Waals surface area (Å²) in [6.45, 7) is 0.500. The summed E-state index contributed by atoms with van der Waals surface area (Å²) in [4.78, 5) is 4.60. The first kappa shape index (κ1) is 15.0. The van der Waals surface area contributed by atoms with Crippen LogP contribution in [0.2, 0.25) is 0 Å². The highest BCUT2D eigenvalue weighted by atomic mass is 19.1. The van der Waals surface area contributed by atoms with Crippen molar-refractivity contribution in [2.24, 2.45) is 5.73 Å². The van der Waals surface area contributed by atoms with Crippen LogP contribution in [0.5, 0.6) is 0 Å². The topological polar surface area (TPSA) is 64.9 Å².